The van der Waals surface area contributed by atoms with Crippen LogP contribution in [-0.4, -0.2) is 21.8 Å². The number of benzene rings is 2. The van der Waals surface area contributed by atoms with Gasteiger partial charge in [0.2, 0.25) is 0 Å². The highest BCUT2D eigenvalue weighted by Gasteiger charge is 2.07. The molecule has 3 N–H and O–H groups in total. The fraction of sp³-hybridized carbons (Fsp3) is 0.0400. The minimum absolute atomic E-state index is 0.0275. The molecular formula is C25H21N5O2. The molecule has 0 atom stereocenters. The lowest BCUT2D eigenvalue weighted by Gasteiger charge is -2.10. The van der Waals surface area contributed by atoms with Gasteiger partial charge in [0.25, 0.3) is 0 Å². The number of aromatic nitrogens is 2. The highest BCUT2D eigenvalue weighted by Crippen LogP contribution is 2.24. The Labute approximate surface area is 185 Å². The van der Waals surface area contributed by atoms with Gasteiger partial charge in [0.15, 0.2) is 5.78 Å². The van der Waals surface area contributed by atoms with Crippen molar-refractivity contribution in [3.8, 4) is 11.1 Å². The second-order valence-electron chi connectivity index (χ2n) is 7.06. The largest absolute Gasteiger partial charge is 0.340 e. The Kier molecular flexibility index (Phi) is 6.17. The fourth-order valence-electron chi connectivity index (χ4n) is 3.09. The van der Waals surface area contributed by atoms with Gasteiger partial charge in [0.1, 0.15) is 11.6 Å². The van der Waals surface area contributed by atoms with E-state index in [0.29, 0.717) is 22.9 Å². The summed E-state index contributed by atoms with van der Waals surface area (Å²) >= 11 is 0. The molecule has 0 aliphatic carbocycles. The van der Waals surface area contributed by atoms with E-state index in [-0.39, 0.29) is 5.78 Å². The molecule has 0 saturated carbocycles. The number of amides is 2. The molecule has 0 aliphatic rings. The maximum atomic E-state index is 12.4. The average molecular weight is 423 g/mol. The van der Waals surface area contributed by atoms with Gasteiger partial charge >= 0.3 is 6.03 Å². The number of urea groups is 1. The van der Waals surface area contributed by atoms with Crippen LogP contribution in [0.25, 0.3) is 11.1 Å². The van der Waals surface area contributed by atoms with Crippen molar-refractivity contribution >= 4 is 34.8 Å². The molecule has 0 radical (unpaired) electrons. The first-order chi connectivity index (χ1) is 15.6. The van der Waals surface area contributed by atoms with Crippen LogP contribution >= 0.6 is 0 Å². The summed E-state index contributed by atoms with van der Waals surface area (Å²) in [6.07, 6.45) is 3.36. The standard InChI is InChI=1S/C25H21N5O2/c1-17(31)18-7-9-22(10-8-18)29-25(32)30-24-16-20(12-14-27-24)19-11-13-26-23(15-19)28-21-5-3-2-4-6-21/h2-16H,1H3,(H,26,28)(H2,27,29,30,32). The molecule has 2 amide bonds. The summed E-state index contributed by atoms with van der Waals surface area (Å²) in [5.74, 6) is 1.10. The van der Waals surface area contributed by atoms with E-state index in [1.807, 2.05) is 48.5 Å². The Morgan fingerprint density at radius 3 is 1.97 bits per heavy atom. The van der Waals surface area contributed by atoms with Crippen LogP contribution in [0.4, 0.5) is 27.8 Å². The Morgan fingerprint density at radius 2 is 1.31 bits per heavy atom. The van der Waals surface area contributed by atoms with Gasteiger partial charge in [-0.2, -0.15) is 0 Å². The van der Waals surface area contributed by atoms with Crippen molar-refractivity contribution in [2.45, 2.75) is 6.92 Å². The lowest BCUT2D eigenvalue weighted by Crippen LogP contribution is -2.20. The number of rotatable bonds is 6. The molecule has 2 heterocycles. The SMILES string of the molecule is CC(=O)c1ccc(NC(=O)Nc2cc(-c3ccnc(Nc4ccccc4)c3)ccn2)cc1. The third-order valence-electron chi connectivity index (χ3n) is 4.69. The van der Waals surface area contributed by atoms with E-state index in [4.69, 9.17) is 0 Å². The van der Waals surface area contributed by atoms with Crippen LogP contribution in [0.15, 0.2) is 91.3 Å². The van der Waals surface area contributed by atoms with E-state index in [1.54, 1.807) is 42.7 Å². The van der Waals surface area contributed by atoms with Gasteiger partial charge in [0.05, 0.1) is 0 Å². The van der Waals surface area contributed by atoms with Crippen LogP contribution in [0.5, 0.6) is 0 Å². The van der Waals surface area contributed by atoms with Crippen molar-refractivity contribution in [1.29, 1.82) is 0 Å². The Hall–Kier alpha value is -4.52. The molecule has 7 nitrogen and oxygen atoms in total. The molecule has 2 aromatic heterocycles. The summed E-state index contributed by atoms with van der Waals surface area (Å²) in [5.41, 5.74) is 3.93. The minimum atomic E-state index is -0.425. The van der Waals surface area contributed by atoms with E-state index in [2.05, 4.69) is 25.9 Å². The van der Waals surface area contributed by atoms with E-state index >= 15 is 0 Å². The van der Waals surface area contributed by atoms with Crippen molar-refractivity contribution in [2.75, 3.05) is 16.0 Å². The molecule has 4 aromatic rings. The number of ketones is 1. The number of hydrogen-bond donors (Lipinski definition) is 3. The zero-order chi connectivity index (χ0) is 22.3. The highest BCUT2D eigenvalue weighted by molar-refractivity contribution is 6.00. The molecular weight excluding hydrogens is 402 g/mol. The first kappa shape index (κ1) is 20.7. The number of para-hydroxylation sites is 1. The maximum absolute atomic E-state index is 12.4. The van der Waals surface area contributed by atoms with Gasteiger partial charge in [-0.15, -0.1) is 0 Å². The Morgan fingerprint density at radius 1 is 0.688 bits per heavy atom. The molecule has 7 heteroatoms. The van der Waals surface area contributed by atoms with Gasteiger partial charge in [-0.3, -0.25) is 10.1 Å². The highest BCUT2D eigenvalue weighted by atomic mass is 16.2. The Balaban J connectivity index is 1.44. The monoisotopic (exact) mass is 423 g/mol. The number of hydrogen-bond acceptors (Lipinski definition) is 5. The summed E-state index contributed by atoms with van der Waals surface area (Å²) in [6, 6.07) is 23.6. The smallest absolute Gasteiger partial charge is 0.324 e. The number of carbonyl (C=O) groups is 2. The van der Waals surface area contributed by atoms with Crippen LogP contribution in [0.1, 0.15) is 17.3 Å². The Bertz CT molecular complexity index is 1240. The average Bonchev–Trinajstić information content (AvgIpc) is 2.80. The number of anilines is 4. The number of nitrogens with zero attached hydrogens (tertiary/aromatic N) is 2. The zero-order valence-corrected chi connectivity index (χ0v) is 17.4. The van der Waals surface area contributed by atoms with Gasteiger partial charge in [0, 0.05) is 29.3 Å². The van der Waals surface area contributed by atoms with Gasteiger partial charge in [-0.1, -0.05) is 18.2 Å². The third kappa shape index (κ3) is 5.34. The lowest BCUT2D eigenvalue weighted by molar-refractivity contribution is 0.101. The predicted octanol–water partition coefficient (Wildman–Crippen LogP) is 5.73. The second kappa shape index (κ2) is 9.53. The molecule has 32 heavy (non-hydrogen) atoms. The van der Waals surface area contributed by atoms with Crippen LogP contribution < -0.4 is 16.0 Å². The second-order valence-corrected chi connectivity index (χ2v) is 7.06. The molecule has 0 unspecified atom stereocenters. The fourth-order valence-corrected chi connectivity index (χ4v) is 3.09. The van der Waals surface area contributed by atoms with Gasteiger partial charge < -0.3 is 10.6 Å². The van der Waals surface area contributed by atoms with E-state index in [0.717, 1.165) is 16.8 Å². The quantitative estimate of drug-likeness (QED) is 0.344. The summed E-state index contributed by atoms with van der Waals surface area (Å²) in [6.45, 7) is 1.50. The molecule has 0 bridgehead atoms. The molecule has 4 rings (SSSR count). The predicted molar refractivity (Wildman–Crippen MR) is 126 cm³/mol. The number of nitrogens with one attached hydrogen (secondary N) is 3. The molecule has 0 saturated heterocycles. The number of pyridine rings is 2. The summed E-state index contributed by atoms with van der Waals surface area (Å²) in [5, 5.41) is 8.74. The van der Waals surface area contributed by atoms with Crippen molar-refractivity contribution in [2.24, 2.45) is 0 Å². The van der Waals surface area contributed by atoms with Crippen molar-refractivity contribution < 1.29 is 9.59 Å². The van der Waals surface area contributed by atoms with Gasteiger partial charge in [-0.25, -0.2) is 14.8 Å². The van der Waals surface area contributed by atoms with Crippen molar-refractivity contribution in [3.05, 3.63) is 96.8 Å². The van der Waals surface area contributed by atoms with E-state index in [9.17, 15) is 9.59 Å². The van der Waals surface area contributed by atoms with E-state index < -0.39 is 6.03 Å². The first-order valence-electron chi connectivity index (χ1n) is 10.0. The molecule has 0 aliphatic heterocycles. The van der Waals surface area contributed by atoms with Crippen LogP contribution in [0.2, 0.25) is 0 Å². The van der Waals surface area contributed by atoms with Crippen molar-refractivity contribution in [3.63, 3.8) is 0 Å². The third-order valence-corrected chi connectivity index (χ3v) is 4.69. The first-order valence-corrected chi connectivity index (χ1v) is 10.0. The topological polar surface area (TPSA) is 96.0 Å². The van der Waals surface area contributed by atoms with E-state index in [1.165, 1.54) is 6.92 Å². The summed E-state index contributed by atoms with van der Waals surface area (Å²) in [4.78, 5) is 32.3. The summed E-state index contributed by atoms with van der Waals surface area (Å²) < 4.78 is 0. The zero-order valence-electron chi connectivity index (χ0n) is 17.4. The minimum Gasteiger partial charge on any atom is -0.340 e. The molecule has 158 valence electrons. The summed E-state index contributed by atoms with van der Waals surface area (Å²) in [7, 11) is 0. The molecule has 0 spiro atoms. The number of carbonyl (C=O) groups excluding carboxylic acids is 2. The van der Waals surface area contributed by atoms with Crippen LogP contribution in [0, 0.1) is 0 Å². The lowest BCUT2D eigenvalue weighted by atomic mass is 10.1. The van der Waals surface area contributed by atoms with Crippen LogP contribution in [-0.2, 0) is 0 Å². The van der Waals surface area contributed by atoms with Crippen LogP contribution in [0.3, 0.4) is 0 Å². The molecule has 2 aromatic carbocycles. The van der Waals surface area contributed by atoms with Crippen molar-refractivity contribution in [1.82, 2.24) is 9.97 Å². The number of Topliss-reactive ketones (excluding diaryl/α,β-unsaturated/α-hetero) is 1. The molecule has 0 fully saturated rings. The van der Waals surface area contributed by atoms with Gasteiger partial charge in [-0.05, 0) is 78.7 Å². The maximum Gasteiger partial charge on any atom is 0.324 e. The normalized spacial score (nSPS) is 10.3.